The fourth-order valence-corrected chi connectivity index (χ4v) is 3.09. The lowest BCUT2D eigenvalue weighted by atomic mass is 10.1. The molecule has 0 bridgehead atoms. The summed E-state index contributed by atoms with van der Waals surface area (Å²) in [6.45, 7) is 6.74. The first-order chi connectivity index (χ1) is 14.0. The van der Waals surface area contributed by atoms with Gasteiger partial charge in [-0.15, -0.1) is 0 Å². The molecule has 0 radical (unpaired) electrons. The molecule has 29 heavy (non-hydrogen) atoms. The van der Waals surface area contributed by atoms with Crippen LogP contribution in [0.15, 0.2) is 59.6 Å². The summed E-state index contributed by atoms with van der Waals surface area (Å²) in [5.41, 5.74) is 4.89. The Kier molecular flexibility index (Phi) is 6.89. The van der Waals surface area contributed by atoms with E-state index in [4.69, 9.17) is 21.1 Å². The zero-order valence-corrected chi connectivity index (χ0v) is 17.5. The van der Waals surface area contributed by atoms with Gasteiger partial charge in [0.25, 0.3) is 0 Å². The first-order valence-electron chi connectivity index (χ1n) is 9.41. The summed E-state index contributed by atoms with van der Waals surface area (Å²) < 4.78 is 24.7. The van der Waals surface area contributed by atoms with Crippen LogP contribution in [-0.4, -0.2) is 12.8 Å². The zero-order valence-electron chi connectivity index (χ0n) is 16.7. The lowest BCUT2D eigenvalue weighted by Crippen LogP contribution is -2.01. The maximum absolute atomic E-state index is 13.1. The highest BCUT2D eigenvalue weighted by Crippen LogP contribution is 2.37. The van der Waals surface area contributed by atoms with Gasteiger partial charge in [-0.3, -0.25) is 4.99 Å². The monoisotopic (exact) mass is 411 g/mol. The molecule has 3 aromatic rings. The fourth-order valence-electron chi connectivity index (χ4n) is 2.82. The van der Waals surface area contributed by atoms with Crippen LogP contribution >= 0.6 is 11.6 Å². The molecular weight excluding hydrogens is 389 g/mol. The third kappa shape index (κ3) is 5.36. The number of hydrogen-bond acceptors (Lipinski definition) is 3. The molecule has 0 fully saturated rings. The van der Waals surface area contributed by atoms with E-state index in [0.717, 1.165) is 22.4 Å². The van der Waals surface area contributed by atoms with Gasteiger partial charge in [-0.2, -0.15) is 0 Å². The highest BCUT2D eigenvalue weighted by molar-refractivity contribution is 6.32. The SMILES string of the molecule is CCOc1cc(C=Nc2cccc(C)c2C)cc(Cl)c1OCc1ccc(F)cc1. The summed E-state index contributed by atoms with van der Waals surface area (Å²) in [5.74, 6) is 0.723. The Morgan fingerprint density at radius 3 is 2.52 bits per heavy atom. The van der Waals surface area contributed by atoms with Crippen LogP contribution in [0, 0.1) is 19.7 Å². The molecule has 0 aliphatic carbocycles. The van der Waals surface area contributed by atoms with Crippen LogP contribution in [0.25, 0.3) is 0 Å². The van der Waals surface area contributed by atoms with Crippen molar-refractivity contribution in [1.82, 2.24) is 0 Å². The van der Waals surface area contributed by atoms with Crippen LogP contribution in [0.1, 0.15) is 29.2 Å². The van der Waals surface area contributed by atoms with Crippen LogP contribution in [0.3, 0.4) is 0 Å². The van der Waals surface area contributed by atoms with Gasteiger partial charge in [-0.25, -0.2) is 4.39 Å². The van der Waals surface area contributed by atoms with Gasteiger partial charge in [0.2, 0.25) is 0 Å². The Hall–Kier alpha value is -2.85. The lowest BCUT2D eigenvalue weighted by molar-refractivity contribution is 0.269. The van der Waals surface area contributed by atoms with E-state index in [9.17, 15) is 4.39 Å². The minimum absolute atomic E-state index is 0.260. The predicted molar refractivity (Wildman–Crippen MR) is 117 cm³/mol. The van der Waals surface area contributed by atoms with Gasteiger partial charge in [-0.1, -0.05) is 35.9 Å². The van der Waals surface area contributed by atoms with Crippen molar-refractivity contribution in [3.05, 3.63) is 87.7 Å². The van der Waals surface area contributed by atoms with Crippen molar-refractivity contribution >= 4 is 23.5 Å². The van der Waals surface area contributed by atoms with E-state index < -0.39 is 0 Å². The lowest BCUT2D eigenvalue weighted by Gasteiger charge is -2.14. The van der Waals surface area contributed by atoms with Crippen molar-refractivity contribution in [2.45, 2.75) is 27.4 Å². The maximum Gasteiger partial charge on any atom is 0.180 e. The molecule has 0 saturated heterocycles. The molecule has 0 N–H and O–H groups in total. The second kappa shape index (κ2) is 9.57. The standard InChI is InChI=1S/C24H23ClFNO2/c1-4-28-23-13-19(14-27-22-7-5-6-16(2)17(22)3)12-21(25)24(23)29-15-18-8-10-20(26)11-9-18/h5-14H,4,15H2,1-3H3. The molecule has 3 rings (SSSR count). The van der Waals surface area contributed by atoms with Crippen LogP contribution < -0.4 is 9.47 Å². The maximum atomic E-state index is 13.1. The summed E-state index contributed by atoms with van der Waals surface area (Å²) >= 11 is 6.47. The van der Waals surface area contributed by atoms with Gasteiger partial charge < -0.3 is 9.47 Å². The average Bonchev–Trinajstić information content (AvgIpc) is 2.70. The van der Waals surface area contributed by atoms with Crippen LogP contribution in [0.2, 0.25) is 5.02 Å². The predicted octanol–water partition coefficient (Wildman–Crippen LogP) is 6.82. The van der Waals surface area contributed by atoms with E-state index in [1.54, 1.807) is 24.4 Å². The fraction of sp³-hybridized carbons (Fsp3) is 0.208. The summed E-state index contributed by atoms with van der Waals surface area (Å²) in [5, 5.41) is 0.431. The molecule has 0 aliphatic heterocycles. The number of hydrogen-bond donors (Lipinski definition) is 0. The number of benzene rings is 3. The molecule has 3 nitrogen and oxygen atoms in total. The van der Waals surface area contributed by atoms with Crippen molar-refractivity contribution in [3.8, 4) is 11.5 Å². The second-order valence-electron chi connectivity index (χ2n) is 6.66. The average molecular weight is 412 g/mol. The molecule has 0 unspecified atom stereocenters. The largest absolute Gasteiger partial charge is 0.490 e. The molecule has 0 saturated carbocycles. The van der Waals surface area contributed by atoms with E-state index in [1.165, 1.54) is 17.7 Å². The zero-order chi connectivity index (χ0) is 20.8. The van der Waals surface area contributed by atoms with Crippen LogP contribution in [0.5, 0.6) is 11.5 Å². The topological polar surface area (TPSA) is 30.8 Å². The molecule has 0 spiro atoms. The highest BCUT2D eigenvalue weighted by Gasteiger charge is 2.13. The second-order valence-corrected chi connectivity index (χ2v) is 7.06. The summed E-state index contributed by atoms with van der Waals surface area (Å²) in [6, 6.07) is 15.8. The van der Waals surface area contributed by atoms with Crippen molar-refractivity contribution in [1.29, 1.82) is 0 Å². The first kappa shape index (κ1) is 20.9. The molecule has 0 aliphatic rings. The number of halogens is 2. The van der Waals surface area contributed by atoms with E-state index in [-0.39, 0.29) is 12.4 Å². The van der Waals surface area contributed by atoms with Crippen molar-refractivity contribution in [3.63, 3.8) is 0 Å². The van der Waals surface area contributed by atoms with Gasteiger partial charge in [0.1, 0.15) is 12.4 Å². The number of nitrogens with zero attached hydrogens (tertiary/aromatic N) is 1. The number of ether oxygens (including phenoxy) is 2. The van der Waals surface area contributed by atoms with E-state index in [2.05, 4.69) is 18.0 Å². The first-order valence-corrected chi connectivity index (χ1v) is 9.79. The van der Waals surface area contributed by atoms with E-state index >= 15 is 0 Å². The third-order valence-electron chi connectivity index (χ3n) is 4.56. The molecule has 0 amide bonds. The number of aryl methyl sites for hydroxylation is 1. The molecular formula is C24H23ClFNO2. The number of rotatable bonds is 7. The summed E-state index contributed by atoms with van der Waals surface area (Å²) in [4.78, 5) is 4.60. The van der Waals surface area contributed by atoms with E-state index in [0.29, 0.717) is 23.1 Å². The van der Waals surface area contributed by atoms with Crippen molar-refractivity contribution in [2.24, 2.45) is 4.99 Å². The van der Waals surface area contributed by atoms with Gasteiger partial charge >= 0.3 is 0 Å². The van der Waals surface area contributed by atoms with Crippen LogP contribution in [0.4, 0.5) is 10.1 Å². The quantitative estimate of drug-likeness (QED) is 0.399. The molecule has 5 heteroatoms. The Balaban J connectivity index is 1.84. The highest BCUT2D eigenvalue weighted by atomic mass is 35.5. The molecule has 0 atom stereocenters. The van der Waals surface area contributed by atoms with Gasteiger partial charge in [0, 0.05) is 6.21 Å². The smallest absolute Gasteiger partial charge is 0.180 e. The van der Waals surface area contributed by atoms with Gasteiger partial charge in [-0.05, 0) is 73.4 Å². The minimum atomic E-state index is -0.283. The van der Waals surface area contributed by atoms with Crippen LogP contribution in [-0.2, 0) is 6.61 Å². The van der Waals surface area contributed by atoms with E-state index in [1.807, 2.05) is 32.0 Å². The molecule has 0 heterocycles. The van der Waals surface area contributed by atoms with Gasteiger partial charge in [0.15, 0.2) is 11.5 Å². The Morgan fingerprint density at radius 1 is 1.03 bits per heavy atom. The molecule has 3 aromatic carbocycles. The minimum Gasteiger partial charge on any atom is -0.490 e. The summed E-state index contributed by atoms with van der Waals surface area (Å²) in [7, 11) is 0. The Labute approximate surface area is 175 Å². The third-order valence-corrected chi connectivity index (χ3v) is 4.84. The normalized spacial score (nSPS) is 11.1. The molecule has 0 aromatic heterocycles. The Morgan fingerprint density at radius 2 is 1.79 bits per heavy atom. The Bertz CT molecular complexity index is 1020. The van der Waals surface area contributed by atoms with Crippen molar-refractivity contribution < 1.29 is 13.9 Å². The number of aliphatic imine (C=N–C) groups is 1. The van der Waals surface area contributed by atoms with Crippen molar-refractivity contribution in [2.75, 3.05) is 6.61 Å². The van der Waals surface area contributed by atoms with Gasteiger partial charge in [0.05, 0.1) is 17.3 Å². The summed E-state index contributed by atoms with van der Waals surface area (Å²) in [6.07, 6.45) is 1.76. The molecule has 150 valence electrons.